The number of likely N-dealkylation sites (N-methyl/N-ethyl adjacent to an activating group) is 1. The zero-order valence-electron chi connectivity index (χ0n) is 17.2. The molecule has 2 aromatic heterocycles. The van der Waals surface area contributed by atoms with Gasteiger partial charge >= 0.3 is 0 Å². The van der Waals surface area contributed by atoms with Crippen molar-refractivity contribution in [3.8, 4) is 16.9 Å². The summed E-state index contributed by atoms with van der Waals surface area (Å²) < 4.78 is 15.6. The Morgan fingerprint density at radius 3 is 2.63 bits per heavy atom. The SMILES string of the molecule is Cc1cc(O)c(-c2ccc(C(C)CN(C)C)c(F)c2)c2c1[nH]c(=O)c1sccc12.Cl. The Balaban J connectivity index is 0.00000256. The van der Waals surface area contributed by atoms with E-state index in [0.29, 0.717) is 26.9 Å². The molecule has 1 atom stereocenters. The Morgan fingerprint density at radius 2 is 1.97 bits per heavy atom. The lowest BCUT2D eigenvalue weighted by Crippen LogP contribution is -2.19. The lowest BCUT2D eigenvalue weighted by Gasteiger charge is -2.19. The lowest BCUT2D eigenvalue weighted by atomic mass is 9.92. The van der Waals surface area contributed by atoms with Crippen LogP contribution in [0.25, 0.3) is 32.1 Å². The molecule has 158 valence electrons. The molecule has 0 aliphatic rings. The number of aromatic amines is 1. The molecule has 2 heterocycles. The molecule has 0 saturated heterocycles. The van der Waals surface area contributed by atoms with Crippen molar-refractivity contribution in [2.75, 3.05) is 20.6 Å². The number of aryl methyl sites for hydroxylation is 1. The van der Waals surface area contributed by atoms with E-state index in [0.717, 1.165) is 22.9 Å². The van der Waals surface area contributed by atoms with Crippen molar-refractivity contribution in [3.05, 3.63) is 63.0 Å². The van der Waals surface area contributed by atoms with Gasteiger partial charge in [-0.3, -0.25) is 4.79 Å². The number of halogens is 2. The lowest BCUT2D eigenvalue weighted by molar-refractivity contribution is 0.378. The van der Waals surface area contributed by atoms with Crippen molar-refractivity contribution in [2.45, 2.75) is 19.8 Å². The summed E-state index contributed by atoms with van der Waals surface area (Å²) in [5.74, 6) is -0.179. The summed E-state index contributed by atoms with van der Waals surface area (Å²) in [5.41, 5.74) is 3.05. The van der Waals surface area contributed by atoms with Crippen LogP contribution in [0.1, 0.15) is 24.0 Å². The van der Waals surface area contributed by atoms with Gasteiger partial charge < -0.3 is 15.0 Å². The van der Waals surface area contributed by atoms with Gasteiger partial charge in [-0.2, -0.15) is 0 Å². The Hall–Kier alpha value is -2.41. The minimum absolute atomic E-state index is 0. The number of H-pyrrole nitrogens is 1. The van der Waals surface area contributed by atoms with Crippen LogP contribution in [0.15, 0.2) is 40.5 Å². The largest absolute Gasteiger partial charge is 0.507 e. The summed E-state index contributed by atoms with van der Waals surface area (Å²) in [4.78, 5) is 17.4. The van der Waals surface area contributed by atoms with E-state index >= 15 is 4.39 Å². The summed E-state index contributed by atoms with van der Waals surface area (Å²) in [7, 11) is 3.93. The molecule has 1 unspecified atom stereocenters. The predicted molar refractivity (Wildman–Crippen MR) is 126 cm³/mol. The van der Waals surface area contributed by atoms with E-state index in [1.54, 1.807) is 12.1 Å². The Morgan fingerprint density at radius 1 is 1.23 bits per heavy atom. The van der Waals surface area contributed by atoms with Gasteiger partial charge in [-0.05, 0) is 67.2 Å². The summed E-state index contributed by atoms with van der Waals surface area (Å²) >= 11 is 1.36. The third-order valence-electron chi connectivity index (χ3n) is 5.34. The fourth-order valence-corrected chi connectivity index (χ4v) is 4.90. The predicted octanol–water partition coefficient (Wildman–Crippen LogP) is 5.65. The summed E-state index contributed by atoms with van der Waals surface area (Å²) in [5, 5.41) is 14.1. The van der Waals surface area contributed by atoms with Crippen molar-refractivity contribution in [1.29, 1.82) is 0 Å². The number of hydrogen-bond donors (Lipinski definition) is 2. The van der Waals surface area contributed by atoms with Crippen LogP contribution >= 0.6 is 23.7 Å². The van der Waals surface area contributed by atoms with E-state index in [2.05, 4.69) is 4.98 Å². The van der Waals surface area contributed by atoms with Crippen molar-refractivity contribution in [2.24, 2.45) is 0 Å². The number of hydrogen-bond acceptors (Lipinski definition) is 4. The van der Waals surface area contributed by atoms with Gasteiger partial charge in [0.15, 0.2) is 0 Å². The minimum Gasteiger partial charge on any atom is -0.507 e. The van der Waals surface area contributed by atoms with Crippen molar-refractivity contribution in [3.63, 3.8) is 0 Å². The first-order chi connectivity index (χ1) is 13.8. The maximum absolute atomic E-state index is 15.0. The number of rotatable bonds is 4. The molecule has 0 radical (unpaired) electrons. The summed E-state index contributed by atoms with van der Waals surface area (Å²) in [6, 6.07) is 8.61. The highest BCUT2D eigenvalue weighted by molar-refractivity contribution is 7.17. The second-order valence-electron chi connectivity index (χ2n) is 7.85. The average molecular weight is 447 g/mol. The molecule has 2 N–H and O–H groups in total. The van der Waals surface area contributed by atoms with Crippen LogP contribution in [-0.2, 0) is 0 Å². The quantitative estimate of drug-likeness (QED) is 0.426. The molecule has 7 heteroatoms. The van der Waals surface area contributed by atoms with Crippen LogP contribution in [-0.4, -0.2) is 35.6 Å². The van der Waals surface area contributed by atoms with E-state index in [-0.39, 0.29) is 35.5 Å². The first kappa shape index (κ1) is 22.3. The van der Waals surface area contributed by atoms with E-state index in [1.165, 1.54) is 17.4 Å². The van der Waals surface area contributed by atoms with Gasteiger partial charge in [-0.25, -0.2) is 4.39 Å². The van der Waals surface area contributed by atoms with Gasteiger partial charge in [0.05, 0.1) is 5.52 Å². The molecule has 0 spiro atoms. The zero-order valence-corrected chi connectivity index (χ0v) is 18.9. The molecular weight excluding hydrogens is 423 g/mol. The molecule has 0 aliphatic carbocycles. The number of aromatic nitrogens is 1. The molecule has 0 amide bonds. The fraction of sp³-hybridized carbons (Fsp3) is 0.261. The number of thiophene rings is 1. The highest BCUT2D eigenvalue weighted by atomic mass is 35.5. The van der Waals surface area contributed by atoms with Crippen LogP contribution in [0, 0.1) is 12.7 Å². The second-order valence-corrected chi connectivity index (χ2v) is 8.77. The third-order valence-corrected chi connectivity index (χ3v) is 6.26. The van der Waals surface area contributed by atoms with Crippen LogP contribution in [0.3, 0.4) is 0 Å². The van der Waals surface area contributed by atoms with Gasteiger partial charge in [-0.15, -0.1) is 23.7 Å². The number of nitrogens with one attached hydrogen (secondary N) is 1. The minimum atomic E-state index is -0.295. The molecular formula is C23H24ClFN2O2S. The molecule has 0 saturated carbocycles. The number of phenols is 1. The van der Waals surface area contributed by atoms with Crippen LogP contribution < -0.4 is 5.56 Å². The number of aromatic hydroxyl groups is 1. The van der Waals surface area contributed by atoms with Gasteiger partial charge in [0.25, 0.3) is 5.56 Å². The van der Waals surface area contributed by atoms with Gasteiger partial charge in [0.2, 0.25) is 0 Å². The van der Waals surface area contributed by atoms with Gasteiger partial charge in [0, 0.05) is 22.9 Å². The normalized spacial score (nSPS) is 12.5. The maximum atomic E-state index is 15.0. The van der Waals surface area contributed by atoms with Gasteiger partial charge in [0.1, 0.15) is 16.3 Å². The van der Waals surface area contributed by atoms with E-state index in [4.69, 9.17) is 0 Å². The highest BCUT2D eigenvalue weighted by Gasteiger charge is 2.19. The number of benzene rings is 2. The Bertz CT molecular complexity index is 1300. The van der Waals surface area contributed by atoms with E-state index in [1.807, 2.05) is 50.4 Å². The summed E-state index contributed by atoms with van der Waals surface area (Å²) in [6.07, 6.45) is 0. The second kappa shape index (κ2) is 8.38. The highest BCUT2D eigenvalue weighted by Crippen LogP contribution is 2.41. The number of pyridine rings is 1. The third kappa shape index (κ3) is 3.71. The number of phenolic OH excluding ortho intramolecular Hbond substituents is 1. The topological polar surface area (TPSA) is 56.3 Å². The molecule has 0 bridgehead atoms. The molecule has 4 nitrogen and oxygen atoms in total. The monoisotopic (exact) mass is 446 g/mol. The van der Waals surface area contributed by atoms with Crippen molar-refractivity contribution < 1.29 is 9.50 Å². The van der Waals surface area contributed by atoms with E-state index in [9.17, 15) is 9.90 Å². The molecule has 2 aromatic carbocycles. The molecule has 0 fully saturated rings. The average Bonchev–Trinajstić information content (AvgIpc) is 3.12. The smallest absolute Gasteiger partial charge is 0.266 e. The van der Waals surface area contributed by atoms with Crippen molar-refractivity contribution in [1.82, 2.24) is 9.88 Å². The zero-order chi connectivity index (χ0) is 20.9. The standard InChI is InChI=1S/C23H23FN2O2S.ClH/c1-12-9-18(27)19(20-16-7-8-29-22(16)23(28)25-21(12)20)14-5-6-15(17(24)10-14)13(2)11-26(3)4;/h5-10,13,27H,11H2,1-4H3,(H,25,28);1H. The Kier molecular flexibility index (Phi) is 6.22. The maximum Gasteiger partial charge on any atom is 0.266 e. The van der Waals surface area contributed by atoms with Crippen LogP contribution in [0.5, 0.6) is 5.75 Å². The first-order valence-electron chi connectivity index (χ1n) is 9.48. The number of nitrogens with zero attached hydrogens (tertiary/aromatic N) is 1. The molecule has 4 aromatic rings. The molecule has 0 aliphatic heterocycles. The molecule has 30 heavy (non-hydrogen) atoms. The van der Waals surface area contributed by atoms with Crippen molar-refractivity contribution >= 4 is 44.7 Å². The van der Waals surface area contributed by atoms with Gasteiger partial charge in [-0.1, -0.05) is 19.1 Å². The van der Waals surface area contributed by atoms with Crippen LogP contribution in [0.4, 0.5) is 4.39 Å². The Labute approximate surface area is 184 Å². The fourth-order valence-electron chi connectivity index (χ4n) is 4.10. The van der Waals surface area contributed by atoms with Crippen LogP contribution in [0.2, 0.25) is 0 Å². The first-order valence-corrected chi connectivity index (χ1v) is 10.4. The molecule has 4 rings (SSSR count). The van der Waals surface area contributed by atoms with E-state index < -0.39 is 0 Å². The number of fused-ring (bicyclic) bond motifs is 3. The summed E-state index contributed by atoms with van der Waals surface area (Å²) in [6.45, 7) is 4.58.